The summed E-state index contributed by atoms with van der Waals surface area (Å²) in [6.45, 7) is 2.61. The van der Waals surface area contributed by atoms with Gasteiger partial charge in [-0.05, 0) is 41.3 Å². The van der Waals surface area contributed by atoms with Crippen LogP contribution >= 0.6 is 15.9 Å². The molecule has 178 valence electrons. The second-order valence-electron chi connectivity index (χ2n) is 8.56. The van der Waals surface area contributed by atoms with Crippen molar-refractivity contribution in [2.45, 2.75) is 13.0 Å². The zero-order valence-corrected chi connectivity index (χ0v) is 21.3. The van der Waals surface area contributed by atoms with E-state index in [9.17, 15) is 4.79 Å². The van der Waals surface area contributed by atoms with Gasteiger partial charge in [0, 0.05) is 30.2 Å². The van der Waals surface area contributed by atoms with E-state index < -0.39 is 0 Å². The van der Waals surface area contributed by atoms with Crippen molar-refractivity contribution in [2.75, 3.05) is 27.3 Å². The van der Waals surface area contributed by atoms with Crippen molar-refractivity contribution in [2.24, 2.45) is 0 Å². The molecule has 3 aromatic carbocycles. The number of benzene rings is 3. The van der Waals surface area contributed by atoms with Crippen molar-refractivity contribution in [1.29, 1.82) is 0 Å². The fourth-order valence-electron chi connectivity index (χ4n) is 4.60. The number of hydrogen-bond acceptors (Lipinski definition) is 5. The van der Waals surface area contributed by atoms with Crippen LogP contribution in [-0.2, 0) is 6.54 Å². The second kappa shape index (κ2) is 10.1. The second-order valence-corrected chi connectivity index (χ2v) is 9.47. The molecule has 6 heteroatoms. The van der Waals surface area contributed by atoms with E-state index in [1.54, 1.807) is 26.4 Å². The van der Waals surface area contributed by atoms with Gasteiger partial charge in [0.15, 0.2) is 11.5 Å². The van der Waals surface area contributed by atoms with Gasteiger partial charge in [-0.1, -0.05) is 64.5 Å². The third-order valence-electron chi connectivity index (χ3n) is 6.32. The maximum Gasteiger partial charge on any atom is 0.235 e. The Morgan fingerprint density at radius 2 is 1.77 bits per heavy atom. The molecular formula is C29H26BrNO4. The Morgan fingerprint density at radius 3 is 2.46 bits per heavy atom. The van der Waals surface area contributed by atoms with Gasteiger partial charge < -0.3 is 14.2 Å². The van der Waals surface area contributed by atoms with Crippen molar-refractivity contribution in [3.63, 3.8) is 0 Å². The highest BCUT2D eigenvalue weighted by molar-refractivity contribution is 9.10. The summed E-state index contributed by atoms with van der Waals surface area (Å²) < 4.78 is 18.5. The summed E-state index contributed by atoms with van der Waals surface area (Å²) in [4.78, 5) is 15.8. The van der Waals surface area contributed by atoms with Crippen molar-refractivity contribution in [1.82, 2.24) is 4.90 Å². The number of methoxy groups -OCH3 is 2. The summed E-state index contributed by atoms with van der Waals surface area (Å²) in [5.41, 5.74) is 4.55. The first-order valence-corrected chi connectivity index (χ1v) is 12.3. The third kappa shape index (κ3) is 4.77. The molecule has 0 atom stereocenters. The van der Waals surface area contributed by atoms with Gasteiger partial charge in [-0.2, -0.15) is 0 Å². The first-order chi connectivity index (χ1) is 17.1. The van der Waals surface area contributed by atoms with Gasteiger partial charge >= 0.3 is 0 Å². The highest BCUT2D eigenvalue weighted by Crippen LogP contribution is 2.49. The van der Waals surface area contributed by atoms with E-state index in [0.29, 0.717) is 22.8 Å². The molecule has 0 unspecified atom stereocenters. The molecule has 5 nitrogen and oxygen atoms in total. The Labute approximate surface area is 213 Å². The summed E-state index contributed by atoms with van der Waals surface area (Å²) in [6.07, 6.45) is 4.80. The lowest BCUT2D eigenvalue weighted by Crippen LogP contribution is -2.28. The molecule has 0 aliphatic carbocycles. The van der Waals surface area contributed by atoms with Crippen molar-refractivity contribution < 1.29 is 19.0 Å². The number of ketones is 1. The Balaban J connectivity index is 1.50. The van der Waals surface area contributed by atoms with E-state index in [0.717, 1.165) is 47.2 Å². The van der Waals surface area contributed by atoms with Crippen molar-refractivity contribution >= 4 is 33.4 Å². The van der Waals surface area contributed by atoms with E-state index in [4.69, 9.17) is 14.2 Å². The smallest absolute Gasteiger partial charge is 0.235 e. The fourth-order valence-corrected chi connectivity index (χ4v) is 5.02. The average Bonchev–Trinajstić information content (AvgIpc) is 3.20. The normalized spacial score (nSPS) is 16.6. The monoisotopic (exact) mass is 531 g/mol. The minimum Gasteiger partial charge on any atom is -0.496 e. The van der Waals surface area contributed by atoms with Crippen LogP contribution in [0.3, 0.4) is 0 Å². The standard InChI is InChI=1S/C29H26BrNO4/c1-33-23-17-24(34-2)27-28(32)25(16-20-9-6-10-22(30)15-20)35-29(27)26(23)21-11-13-31(14-12-21)18-19-7-4-3-5-8-19/h3-11,15-17H,12-14,18H2,1-2H3. The number of allylic oxidation sites excluding steroid dienone is 1. The topological polar surface area (TPSA) is 48.0 Å². The van der Waals surface area contributed by atoms with Crippen LogP contribution in [0, 0.1) is 0 Å². The van der Waals surface area contributed by atoms with Crippen molar-refractivity contribution in [3.05, 3.63) is 99.2 Å². The number of rotatable bonds is 6. The lowest BCUT2D eigenvalue weighted by Gasteiger charge is -2.27. The van der Waals surface area contributed by atoms with Gasteiger partial charge in [-0.15, -0.1) is 0 Å². The first kappa shape index (κ1) is 23.4. The van der Waals surface area contributed by atoms with Crippen LogP contribution in [0.25, 0.3) is 11.6 Å². The van der Waals surface area contributed by atoms with Crippen LogP contribution in [-0.4, -0.2) is 38.0 Å². The molecule has 0 N–H and O–H groups in total. The molecule has 2 aliphatic rings. The average molecular weight is 532 g/mol. The summed E-state index contributed by atoms with van der Waals surface area (Å²) in [6, 6.07) is 20.0. The van der Waals surface area contributed by atoms with Crippen LogP contribution < -0.4 is 14.2 Å². The molecule has 2 aliphatic heterocycles. The predicted molar refractivity (Wildman–Crippen MR) is 141 cm³/mol. The van der Waals surface area contributed by atoms with E-state index in [1.165, 1.54) is 5.56 Å². The fraction of sp³-hybridized carbons (Fsp3) is 0.207. The van der Waals surface area contributed by atoms with Crippen molar-refractivity contribution in [3.8, 4) is 17.2 Å². The Morgan fingerprint density at radius 1 is 1.00 bits per heavy atom. The molecule has 3 aromatic rings. The lowest BCUT2D eigenvalue weighted by atomic mass is 9.94. The number of ether oxygens (including phenoxy) is 3. The summed E-state index contributed by atoms with van der Waals surface area (Å²) >= 11 is 3.48. The van der Waals surface area contributed by atoms with Crippen LogP contribution in [0.15, 0.2) is 77.0 Å². The highest BCUT2D eigenvalue weighted by atomic mass is 79.9. The molecule has 0 saturated heterocycles. The van der Waals surface area contributed by atoms with E-state index in [-0.39, 0.29) is 11.5 Å². The van der Waals surface area contributed by atoms with Crippen LogP contribution in [0.5, 0.6) is 17.2 Å². The van der Waals surface area contributed by atoms with Crippen LogP contribution in [0.2, 0.25) is 0 Å². The molecule has 0 bridgehead atoms. The third-order valence-corrected chi connectivity index (χ3v) is 6.81. The van der Waals surface area contributed by atoms with Gasteiger partial charge in [-0.3, -0.25) is 9.69 Å². The maximum atomic E-state index is 13.4. The number of halogens is 1. The molecule has 0 saturated carbocycles. The zero-order chi connectivity index (χ0) is 24.4. The maximum absolute atomic E-state index is 13.4. The Bertz CT molecular complexity index is 1330. The van der Waals surface area contributed by atoms with Crippen LogP contribution in [0.1, 0.15) is 33.5 Å². The number of Topliss-reactive ketones (excluding diaryl/α,β-unsaturated/α-hetero) is 1. The molecule has 0 amide bonds. The molecule has 35 heavy (non-hydrogen) atoms. The molecule has 2 heterocycles. The molecule has 0 fully saturated rings. The summed E-state index contributed by atoms with van der Waals surface area (Å²) in [5, 5.41) is 0. The highest BCUT2D eigenvalue weighted by Gasteiger charge is 2.36. The van der Waals surface area contributed by atoms with Gasteiger partial charge in [0.2, 0.25) is 5.78 Å². The van der Waals surface area contributed by atoms with Gasteiger partial charge in [-0.25, -0.2) is 0 Å². The SMILES string of the molecule is COc1cc(OC)c(C2=CCN(Cc3ccccc3)CC2)c2c1C(=O)C(=Cc1cccc(Br)c1)O2. The minimum atomic E-state index is -0.192. The number of nitrogens with zero attached hydrogens (tertiary/aromatic N) is 1. The molecule has 5 rings (SSSR count). The zero-order valence-electron chi connectivity index (χ0n) is 19.7. The first-order valence-electron chi connectivity index (χ1n) is 11.5. The predicted octanol–water partition coefficient (Wildman–Crippen LogP) is 6.37. The Kier molecular flexibility index (Phi) is 6.75. The molecule has 0 radical (unpaired) electrons. The largest absolute Gasteiger partial charge is 0.496 e. The van der Waals surface area contributed by atoms with E-state index in [1.807, 2.05) is 30.3 Å². The van der Waals surface area contributed by atoms with Gasteiger partial charge in [0.05, 0.1) is 19.8 Å². The Hall–Kier alpha value is -3.35. The van der Waals surface area contributed by atoms with Crippen LogP contribution in [0.4, 0.5) is 0 Å². The number of fused-ring (bicyclic) bond motifs is 1. The lowest BCUT2D eigenvalue weighted by molar-refractivity contribution is 0.101. The summed E-state index contributed by atoms with van der Waals surface area (Å²) in [5.74, 6) is 1.68. The number of carbonyl (C=O) groups excluding carboxylic acids is 1. The summed E-state index contributed by atoms with van der Waals surface area (Å²) in [7, 11) is 3.18. The molecule has 0 aromatic heterocycles. The van der Waals surface area contributed by atoms with E-state index in [2.05, 4.69) is 51.2 Å². The molecule has 0 spiro atoms. The van der Waals surface area contributed by atoms with Gasteiger partial charge in [0.1, 0.15) is 17.1 Å². The quantitative estimate of drug-likeness (QED) is 0.346. The van der Waals surface area contributed by atoms with Gasteiger partial charge in [0.25, 0.3) is 0 Å². The number of carbonyl (C=O) groups is 1. The van der Waals surface area contributed by atoms with E-state index >= 15 is 0 Å². The minimum absolute atomic E-state index is 0.192. The molecular weight excluding hydrogens is 506 g/mol. The number of hydrogen-bond donors (Lipinski definition) is 0.